The lowest BCUT2D eigenvalue weighted by Crippen LogP contribution is -2.10. The highest BCUT2D eigenvalue weighted by atomic mass is 32.2. The van der Waals surface area contributed by atoms with Crippen molar-refractivity contribution < 1.29 is 9.59 Å². The predicted molar refractivity (Wildman–Crippen MR) is 196 cm³/mol. The number of benzene rings is 2. The average Bonchev–Trinajstić information content (AvgIpc) is 3.04. The average molecular weight is 637 g/mol. The number of nitrogens with one attached hydrogen (secondary N) is 2. The number of hydrogen-bond donors (Lipinski definition) is 2. The van der Waals surface area contributed by atoms with Gasteiger partial charge in [0.05, 0.1) is 0 Å². The van der Waals surface area contributed by atoms with Gasteiger partial charge in [0.15, 0.2) is 0 Å². The molecule has 2 N–H and O–H groups in total. The van der Waals surface area contributed by atoms with Crippen molar-refractivity contribution in [2.75, 3.05) is 10.6 Å². The third-order valence-electron chi connectivity index (χ3n) is 8.53. The standard InChI is InChI=1S/C40H64N2O2S/c1-3-5-7-9-11-13-15-17-19-21-23-25-39(43)41-35-27-31-37(32-28-35)45-38-33-29-36(30-34-38)42-40(44)26-24-22-20-18-16-14-12-10-8-6-4-2/h27-34H,3-26H2,1-2H3,(H,41,43)(H,42,44). The van der Waals surface area contributed by atoms with Gasteiger partial charge in [-0.25, -0.2) is 0 Å². The molecule has 0 radical (unpaired) electrons. The first-order chi connectivity index (χ1) is 22.1. The zero-order valence-electron chi connectivity index (χ0n) is 28.8. The van der Waals surface area contributed by atoms with E-state index in [9.17, 15) is 9.59 Å². The first kappa shape index (κ1) is 38.9. The van der Waals surface area contributed by atoms with Crippen molar-refractivity contribution in [1.82, 2.24) is 0 Å². The molecule has 0 aromatic heterocycles. The highest BCUT2D eigenvalue weighted by Gasteiger charge is 2.06. The second-order valence-corrected chi connectivity index (χ2v) is 14.0. The van der Waals surface area contributed by atoms with E-state index >= 15 is 0 Å². The molecule has 4 nitrogen and oxygen atoms in total. The highest BCUT2D eigenvalue weighted by molar-refractivity contribution is 7.99. The molecule has 5 heteroatoms. The molecule has 0 heterocycles. The Bertz CT molecular complexity index is 924. The Morgan fingerprint density at radius 1 is 0.422 bits per heavy atom. The second-order valence-electron chi connectivity index (χ2n) is 12.8. The van der Waals surface area contributed by atoms with Gasteiger partial charge in [0.1, 0.15) is 0 Å². The highest BCUT2D eigenvalue weighted by Crippen LogP contribution is 2.29. The minimum Gasteiger partial charge on any atom is -0.326 e. The van der Waals surface area contributed by atoms with Crippen molar-refractivity contribution >= 4 is 35.0 Å². The fraction of sp³-hybridized carbons (Fsp3) is 0.650. The third kappa shape index (κ3) is 21.2. The van der Waals surface area contributed by atoms with Crippen molar-refractivity contribution in [1.29, 1.82) is 0 Å². The van der Waals surface area contributed by atoms with Crippen molar-refractivity contribution in [3.8, 4) is 0 Å². The van der Waals surface area contributed by atoms with Gasteiger partial charge < -0.3 is 10.6 Å². The molecule has 45 heavy (non-hydrogen) atoms. The van der Waals surface area contributed by atoms with Crippen LogP contribution in [-0.2, 0) is 9.59 Å². The van der Waals surface area contributed by atoms with Gasteiger partial charge in [-0.15, -0.1) is 0 Å². The van der Waals surface area contributed by atoms with Crippen molar-refractivity contribution in [2.24, 2.45) is 0 Å². The molecule has 2 aromatic carbocycles. The molecule has 0 unspecified atom stereocenters. The zero-order valence-corrected chi connectivity index (χ0v) is 29.6. The van der Waals surface area contributed by atoms with Crippen LogP contribution in [0.4, 0.5) is 11.4 Å². The van der Waals surface area contributed by atoms with Gasteiger partial charge in [-0.2, -0.15) is 0 Å². The maximum Gasteiger partial charge on any atom is 0.224 e. The summed E-state index contributed by atoms with van der Waals surface area (Å²) in [5.41, 5.74) is 1.70. The summed E-state index contributed by atoms with van der Waals surface area (Å²) in [6.07, 6.45) is 29.6. The van der Waals surface area contributed by atoms with Gasteiger partial charge in [0.25, 0.3) is 0 Å². The zero-order chi connectivity index (χ0) is 32.2. The van der Waals surface area contributed by atoms with Crippen LogP contribution in [0.5, 0.6) is 0 Å². The number of unbranched alkanes of at least 4 members (excludes halogenated alkanes) is 20. The molecular weight excluding hydrogens is 573 g/mol. The van der Waals surface area contributed by atoms with E-state index < -0.39 is 0 Å². The molecule has 0 atom stereocenters. The lowest BCUT2D eigenvalue weighted by molar-refractivity contribution is -0.117. The van der Waals surface area contributed by atoms with Crippen molar-refractivity contribution in [3.63, 3.8) is 0 Å². The third-order valence-corrected chi connectivity index (χ3v) is 9.54. The topological polar surface area (TPSA) is 58.2 Å². The summed E-state index contributed by atoms with van der Waals surface area (Å²) < 4.78 is 0. The van der Waals surface area contributed by atoms with E-state index in [1.807, 2.05) is 48.5 Å². The summed E-state index contributed by atoms with van der Waals surface area (Å²) in [5.74, 6) is 0.208. The van der Waals surface area contributed by atoms with E-state index in [1.165, 1.54) is 116 Å². The minimum atomic E-state index is 0.104. The molecular formula is C40H64N2O2S. The molecule has 252 valence electrons. The van der Waals surface area contributed by atoms with Crippen molar-refractivity contribution in [2.45, 2.75) is 178 Å². The van der Waals surface area contributed by atoms with E-state index in [4.69, 9.17) is 0 Å². The lowest BCUT2D eigenvalue weighted by atomic mass is 10.1. The van der Waals surface area contributed by atoms with Crippen LogP contribution in [0.2, 0.25) is 0 Å². The van der Waals surface area contributed by atoms with Gasteiger partial charge in [-0.3, -0.25) is 9.59 Å². The molecule has 2 amide bonds. The summed E-state index contributed by atoms with van der Waals surface area (Å²) in [5, 5.41) is 6.09. The number of carbonyl (C=O) groups excluding carboxylic acids is 2. The second kappa shape index (κ2) is 26.9. The Balaban J connectivity index is 1.52. The quantitative estimate of drug-likeness (QED) is 0.0914. The van der Waals surface area contributed by atoms with Gasteiger partial charge in [0.2, 0.25) is 11.8 Å². The maximum absolute atomic E-state index is 12.4. The Morgan fingerprint density at radius 3 is 0.978 bits per heavy atom. The van der Waals surface area contributed by atoms with Crippen LogP contribution in [0, 0.1) is 0 Å². The number of rotatable bonds is 28. The number of carbonyl (C=O) groups is 2. The van der Waals surface area contributed by atoms with E-state index in [1.54, 1.807) is 11.8 Å². The smallest absolute Gasteiger partial charge is 0.224 e. The van der Waals surface area contributed by atoms with Crippen LogP contribution < -0.4 is 10.6 Å². The fourth-order valence-electron chi connectivity index (χ4n) is 5.70. The minimum absolute atomic E-state index is 0.104. The first-order valence-corrected chi connectivity index (χ1v) is 19.4. The summed E-state index contributed by atoms with van der Waals surface area (Å²) in [7, 11) is 0. The Labute approximate surface area is 280 Å². The molecule has 0 spiro atoms. The van der Waals surface area contributed by atoms with Crippen LogP contribution in [0.1, 0.15) is 168 Å². The molecule has 0 saturated heterocycles. The molecule has 0 bridgehead atoms. The summed E-state index contributed by atoms with van der Waals surface area (Å²) >= 11 is 1.68. The molecule has 0 aliphatic heterocycles. The van der Waals surface area contributed by atoms with Crippen LogP contribution in [-0.4, -0.2) is 11.8 Å². The van der Waals surface area contributed by atoms with E-state index in [2.05, 4.69) is 24.5 Å². The number of amides is 2. The van der Waals surface area contributed by atoms with Crippen molar-refractivity contribution in [3.05, 3.63) is 48.5 Å². The summed E-state index contributed by atoms with van der Waals surface area (Å²) in [4.78, 5) is 27.0. The normalized spacial score (nSPS) is 11.1. The van der Waals surface area contributed by atoms with Gasteiger partial charge in [0, 0.05) is 34.0 Å². The van der Waals surface area contributed by atoms with Gasteiger partial charge in [-0.05, 0) is 61.4 Å². The molecule has 0 aliphatic rings. The Hall–Kier alpha value is -2.27. The van der Waals surface area contributed by atoms with Crippen LogP contribution >= 0.6 is 11.8 Å². The monoisotopic (exact) mass is 636 g/mol. The van der Waals surface area contributed by atoms with Crippen LogP contribution in [0.3, 0.4) is 0 Å². The molecule has 2 aromatic rings. The SMILES string of the molecule is CCCCCCCCCCCCCC(=O)Nc1ccc(Sc2ccc(NC(=O)CCCCCCCCCCCCC)cc2)cc1. The number of anilines is 2. The van der Waals surface area contributed by atoms with E-state index in [0.717, 1.165) is 46.8 Å². The summed E-state index contributed by atoms with van der Waals surface area (Å²) in [6, 6.07) is 16.1. The molecule has 0 fully saturated rings. The predicted octanol–water partition coefficient (Wildman–Crippen LogP) is 13.1. The Morgan fingerprint density at radius 2 is 0.689 bits per heavy atom. The maximum atomic E-state index is 12.4. The largest absolute Gasteiger partial charge is 0.326 e. The van der Waals surface area contributed by atoms with Crippen LogP contribution in [0.25, 0.3) is 0 Å². The lowest BCUT2D eigenvalue weighted by Gasteiger charge is -2.08. The van der Waals surface area contributed by atoms with Gasteiger partial charge in [-0.1, -0.05) is 154 Å². The first-order valence-electron chi connectivity index (χ1n) is 18.6. The summed E-state index contributed by atoms with van der Waals surface area (Å²) in [6.45, 7) is 4.53. The van der Waals surface area contributed by atoms with Gasteiger partial charge >= 0.3 is 0 Å². The number of hydrogen-bond acceptors (Lipinski definition) is 3. The Kier molecular flexibility index (Phi) is 23.3. The molecule has 0 aliphatic carbocycles. The molecule has 0 saturated carbocycles. The molecule has 2 rings (SSSR count). The fourth-order valence-corrected chi connectivity index (χ4v) is 6.51. The van der Waals surface area contributed by atoms with E-state index in [0.29, 0.717) is 12.8 Å². The van der Waals surface area contributed by atoms with Crippen LogP contribution in [0.15, 0.2) is 58.3 Å². The van der Waals surface area contributed by atoms with E-state index in [-0.39, 0.29) is 11.8 Å².